The van der Waals surface area contributed by atoms with Crippen LogP contribution in [0.5, 0.6) is 0 Å². The summed E-state index contributed by atoms with van der Waals surface area (Å²) in [4.78, 5) is 3.39. The van der Waals surface area contributed by atoms with Gasteiger partial charge < -0.3 is 0 Å². The number of nitrogens with zero attached hydrogens (tertiary/aromatic N) is 1. The third-order valence-corrected chi connectivity index (χ3v) is 4.72. The highest BCUT2D eigenvalue weighted by molar-refractivity contribution is 7.78. The van der Waals surface area contributed by atoms with Crippen LogP contribution < -0.4 is 0 Å². The van der Waals surface area contributed by atoms with E-state index in [9.17, 15) is 8.78 Å². The first-order valence-corrected chi connectivity index (χ1v) is 9.24. The average molecular weight is 377 g/mol. The van der Waals surface area contributed by atoms with Crippen LogP contribution in [0.2, 0.25) is 0 Å². The summed E-state index contributed by atoms with van der Waals surface area (Å²) in [6, 6.07) is 12.5. The SMILES string of the molecule is Fc1cc(C#CN=C=S)cc(F)c1C#Cc1ccc(CC2CCCC2)cc1. The molecule has 0 aromatic heterocycles. The monoisotopic (exact) mass is 377 g/mol. The van der Waals surface area contributed by atoms with Crippen molar-refractivity contribution in [3.05, 3.63) is 70.3 Å². The molecule has 134 valence electrons. The second-order valence-electron chi connectivity index (χ2n) is 6.56. The highest BCUT2D eigenvalue weighted by Gasteiger charge is 2.15. The Hall–Kier alpha value is -2.78. The fraction of sp³-hybridized carbons (Fsp3) is 0.261. The molecule has 0 amide bonds. The topological polar surface area (TPSA) is 12.4 Å². The maximum atomic E-state index is 14.1. The molecule has 0 spiro atoms. The van der Waals surface area contributed by atoms with Gasteiger partial charge in [-0.2, -0.15) is 0 Å². The maximum Gasteiger partial charge on any atom is 0.143 e. The minimum Gasteiger partial charge on any atom is -0.205 e. The molecule has 3 rings (SSSR count). The lowest BCUT2D eigenvalue weighted by molar-refractivity contribution is 0.546. The summed E-state index contributed by atoms with van der Waals surface area (Å²) >= 11 is 4.38. The zero-order chi connectivity index (χ0) is 19.1. The van der Waals surface area contributed by atoms with E-state index < -0.39 is 11.6 Å². The highest BCUT2D eigenvalue weighted by atomic mass is 32.1. The molecule has 27 heavy (non-hydrogen) atoms. The van der Waals surface area contributed by atoms with Crippen molar-refractivity contribution in [3.63, 3.8) is 0 Å². The van der Waals surface area contributed by atoms with E-state index in [1.165, 1.54) is 31.2 Å². The van der Waals surface area contributed by atoms with Crippen molar-refractivity contribution in [2.24, 2.45) is 10.9 Å². The van der Waals surface area contributed by atoms with Crippen LogP contribution in [0, 0.1) is 41.4 Å². The van der Waals surface area contributed by atoms with Gasteiger partial charge in [0.25, 0.3) is 0 Å². The molecule has 1 saturated carbocycles. The van der Waals surface area contributed by atoms with Crippen LogP contribution in [0.1, 0.15) is 47.9 Å². The van der Waals surface area contributed by atoms with E-state index >= 15 is 0 Å². The summed E-state index contributed by atoms with van der Waals surface area (Å²) in [6.45, 7) is 0. The number of hydrogen-bond donors (Lipinski definition) is 0. The summed E-state index contributed by atoms with van der Waals surface area (Å²) in [5.41, 5.74) is 1.91. The molecule has 0 aliphatic heterocycles. The Labute approximate surface area is 163 Å². The van der Waals surface area contributed by atoms with E-state index in [1.54, 1.807) is 0 Å². The average Bonchev–Trinajstić information content (AvgIpc) is 3.16. The van der Waals surface area contributed by atoms with Crippen LogP contribution in [-0.4, -0.2) is 5.16 Å². The van der Waals surface area contributed by atoms with Gasteiger partial charge in [-0.25, -0.2) is 8.78 Å². The summed E-state index contributed by atoms with van der Waals surface area (Å²) in [5, 5.41) is 2.07. The first-order valence-electron chi connectivity index (χ1n) is 8.83. The molecule has 1 fully saturated rings. The molecule has 1 aliphatic carbocycles. The van der Waals surface area contributed by atoms with Crippen molar-refractivity contribution in [2.75, 3.05) is 0 Å². The van der Waals surface area contributed by atoms with E-state index in [0.717, 1.165) is 30.0 Å². The second kappa shape index (κ2) is 9.24. The third kappa shape index (κ3) is 5.35. The van der Waals surface area contributed by atoms with Gasteiger partial charge in [-0.1, -0.05) is 49.7 Å². The zero-order valence-corrected chi connectivity index (χ0v) is 15.5. The van der Waals surface area contributed by atoms with Crippen LogP contribution in [0.15, 0.2) is 41.4 Å². The predicted octanol–water partition coefficient (Wildman–Crippen LogP) is 5.51. The Morgan fingerprint density at radius 3 is 2.22 bits per heavy atom. The van der Waals surface area contributed by atoms with E-state index in [0.29, 0.717) is 0 Å². The molecular formula is C23H17F2NS. The fourth-order valence-electron chi connectivity index (χ4n) is 3.29. The smallest absolute Gasteiger partial charge is 0.143 e. The highest BCUT2D eigenvalue weighted by Crippen LogP contribution is 2.28. The van der Waals surface area contributed by atoms with E-state index in [1.807, 2.05) is 24.3 Å². The number of rotatable bonds is 2. The molecule has 0 heterocycles. The van der Waals surface area contributed by atoms with Crippen molar-refractivity contribution in [1.29, 1.82) is 0 Å². The predicted molar refractivity (Wildman–Crippen MR) is 106 cm³/mol. The van der Waals surface area contributed by atoms with Gasteiger partial charge in [0.15, 0.2) is 0 Å². The van der Waals surface area contributed by atoms with Gasteiger partial charge >= 0.3 is 0 Å². The van der Waals surface area contributed by atoms with Crippen LogP contribution in [0.3, 0.4) is 0 Å². The molecule has 4 heteroatoms. The van der Waals surface area contributed by atoms with Gasteiger partial charge in [0.05, 0.1) is 16.8 Å². The lowest BCUT2D eigenvalue weighted by atomic mass is 9.97. The van der Waals surface area contributed by atoms with Gasteiger partial charge in [-0.15, -0.1) is 4.99 Å². The van der Waals surface area contributed by atoms with Crippen LogP contribution in [0.25, 0.3) is 0 Å². The Bertz CT molecular complexity index is 968. The van der Waals surface area contributed by atoms with Crippen molar-refractivity contribution in [1.82, 2.24) is 0 Å². The summed E-state index contributed by atoms with van der Waals surface area (Å²) in [6.07, 6.45) is 6.36. The second-order valence-corrected chi connectivity index (χ2v) is 6.74. The number of isothiocyanates is 1. The zero-order valence-electron chi connectivity index (χ0n) is 14.7. The van der Waals surface area contributed by atoms with Gasteiger partial charge in [0, 0.05) is 11.1 Å². The number of halogens is 2. The van der Waals surface area contributed by atoms with Crippen LogP contribution in [0.4, 0.5) is 8.78 Å². The Morgan fingerprint density at radius 1 is 0.926 bits per heavy atom. The van der Waals surface area contributed by atoms with Gasteiger partial charge in [0.2, 0.25) is 0 Å². The number of benzene rings is 2. The normalized spacial score (nSPS) is 13.1. The van der Waals surface area contributed by atoms with Crippen LogP contribution in [-0.2, 0) is 6.42 Å². The van der Waals surface area contributed by atoms with Gasteiger partial charge in [0.1, 0.15) is 11.6 Å². The van der Waals surface area contributed by atoms with E-state index in [-0.39, 0.29) is 11.1 Å². The fourth-order valence-corrected chi connectivity index (χ4v) is 3.33. The lowest BCUT2D eigenvalue weighted by Gasteiger charge is -2.08. The number of hydrogen-bond acceptors (Lipinski definition) is 2. The van der Waals surface area contributed by atoms with Crippen LogP contribution >= 0.6 is 12.2 Å². The minimum atomic E-state index is -0.754. The van der Waals surface area contributed by atoms with Crippen molar-refractivity contribution < 1.29 is 8.78 Å². The third-order valence-electron chi connectivity index (χ3n) is 4.63. The Balaban J connectivity index is 1.75. The Kier molecular flexibility index (Phi) is 6.50. The van der Waals surface area contributed by atoms with Crippen molar-refractivity contribution >= 4 is 17.4 Å². The standard InChI is InChI=1S/C23H17F2NS/c24-22-14-20(11-12-26-16-27)15-23(25)21(22)10-9-17-5-7-19(8-6-17)13-18-3-1-2-4-18/h5-8,14-15,18H,1-4,13H2. The first-order chi connectivity index (χ1) is 13.2. The maximum absolute atomic E-state index is 14.1. The van der Waals surface area contributed by atoms with Gasteiger partial charge in [-0.05, 0) is 60.3 Å². The molecule has 0 N–H and O–H groups in total. The lowest BCUT2D eigenvalue weighted by Crippen LogP contribution is -1.98. The molecule has 2 aromatic rings. The number of thiocarbonyl (C=S) groups is 1. The first kappa shape index (κ1) is 19.0. The van der Waals surface area contributed by atoms with E-state index in [4.69, 9.17) is 0 Å². The Morgan fingerprint density at radius 2 is 1.59 bits per heavy atom. The van der Waals surface area contributed by atoms with Gasteiger partial charge in [-0.3, -0.25) is 0 Å². The molecule has 2 aromatic carbocycles. The summed E-state index contributed by atoms with van der Waals surface area (Å²) < 4.78 is 28.3. The van der Waals surface area contributed by atoms with Crippen molar-refractivity contribution in [2.45, 2.75) is 32.1 Å². The largest absolute Gasteiger partial charge is 0.205 e. The molecule has 0 saturated heterocycles. The molecule has 0 bridgehead atoms. The quantitative estimate of drug-likeness (QED) is 0.382. The van der Waals surface area contributed by atoms with E-state index in [2.05, 4.69) is 46.2 Å². The molecule has 1 nitrogen and oxygen atoms in total. The molecular weight excluding hydrogens is 360 g/mol. The number of aliphatic imine (C=N–C) groups is 1. The molecule has 1 aliphatic rings. The molecule has 0 radical (unpaired) electrons. The van der Waals surface area contributed by atoms with Crippen molar-refractivity contribution in [3.8, 4) is 23.8 Å². The summed E-state index contributed by atoms with van der Waals surface area (Å²) in [7, 11) is 0. The minimum absolute atomic E-state index is 0.167. The summed E-state index contributed by atoms with van der Waals surface area (Å²) in [5.74, 6) is 7.17. The molecule has 0 atom stereocenters. The molecule has 0 unspecified atom stereocenters.